The molecule has 0 aliphatic heterocycles. The van der Waals surface area contributed by atoms with Gasteiger partial charge in [0.15, 0.2) is 0 Å². The summed E-state index contributed by atoms with van der Waals surface area (Å²) in [5, 5.41) is 12.3. The molecule has 0 atom stereocenters. The van der Waals surface area contributed by atoms with E-state index in [1.165, 1.54) is 0 Å². The number of aryl methyl sites for hydroxylation is 1. The van der Waals surface area contributed by atoms with Crippen LogP contribution in [0.1, 0.15) is 58.2 Å². The lowest BCUT2D eigenvalue weighted by Gasteiger charge is -2.27. The van der Waals surface area contributed by atoms with Crippen LogP contribution in [0, 0.1) is 6.92 Å². The Kier molecular flexibility index (Phi) is 9.01. The van der Waals surface area contributed by atoms with E-state index in [1.54, 1.807) is 0 Å². The van der Waals surface area contributed by atoms with Crippen LogP contribution in [0.25, 0.3) is 72.8 Å². The van der Waals surface area contributed by atoms with Crippen molar-refractivity contribution in [3.63, 3.8) is 0 Å². The standard InChI is InChI=1S/C51H47N3O/c1-33-27-37(29-38(28-33)45-30-36(24-25-52-45)34-17-10-8-11-18-34)41-23-16-26-54-47(42-22-15-14-21-40(42)35-19-12-9-13-20-35)46(53-49(41)54)43-31-39(50(2,3)4)32-44(48(43)55)51(5,6)7/h8-32,55H,1-7H3. The van der Waals surface area contributed by atoms with E-state index < -0.39 is 0 Å². The Labute approximate surface area is 324 Å². The highest BCUT2D eigenvalue weighted by atomic mass is 16.3. The van der Waals surface area contributed by atoms with Crippen molar-refractivity contribution in [1.29, 1.82) is 0 Å². The largest absolute Gasteiger partial charge is 0.507 e. The number of hydrogen-bond donors (Lipinski definition) is 1. The normalized spacial score (nSPS) is 12.0. The summed E-state index contributed by atoms with van der Waals surface area (Å²) < 4.78 is 2.21. The number of hydrogen-bond acceptors (Lipinski definition) is 3. The van der Waals surface area contributed by atoms with Gasteiger partial charge in [-0.05, 0) is 99.2 Å². The zero-order valence-corrected chi connectivity index (χ0v) is 32.7. The zero-order valence-electron chi connectivity index (χ0n) is 32.7. The van der Waals surface area contributed by atoms with Gasteiger partial charge in [-0.2, -0.15) is 0 Å². The Morgan fingerprint density at radius 3 is 1.85 bits per heavy atom. The van der Waals surface area contributed by atoms with Gasteiger partial charge in [-0.25, -0.2) is 4.98 Å². The molecule has 0 amide bonds. The maximum atomic E-state index is 12.3. The third kappa shape index (κ3) is 6.85. The lowest BCUT2D eigenvalue weighted by molar-refractivity contribution is 0.446. The molecule has 4 heteroatoms. The van der Waals surface area contributed by atoms with E-state index in [1.807, 2.05) is 18.3 Å². The van der Waals surface area contributed by atoms with Crippen molar-refractivity contribution >= 4 is 5.65 Å². The van der Waals surface area contributed by atoms with E-state index in [0.717, 1.165) is 89.5 Å². The maximum Gasteiger partial charge on any atom is 0.145 e. The van der Waals surface area contributed by atoms with Crippen LogP contribution in [-0.4, -0.2) is 19.5 Å². The summed E-state index contributed by atoms with van der Waals surface area (Å²) in [6, 6.07) is 48.9. The van der Waals surface area contributed by atoms with Crippen molar-refractivity contribution in [3.8, 4) is 72.9 Å². The first-order valence-corrected chi connectivity index (χ1v) is 19.0. The molecule has 8 rings (SSSR count). The zero-order chi connectivity index (χ0) is 38.5. The monoisotopic (exact) mass is 717 g/mol. The van der Waals surface area contributed by atoms with Crippen molar-refractivity contribution < 1.29 is 5.11 Å². The molecule has 3 aromatic heterocycles. The highest BCUT2D eigenvalue weighted by molar-refractivity contribution is 5.95. The molecule has 0 radical (unpaired) electrons. The molecule has 0 saturated carbocycles. The molecule has 0 saturated heterocycles. The molecule has 5 aromatic carbocycles. The molecular weight excluding hydrogens is 671 g/mol. The van der Waals surface area contributed by atoms with Crippen molar-refractivity contribution in [2.45, 2.75) is 59.3 Å². The number of phenols is 1. The Morgan fingerprint density at radius 2 is 1.16 bits per heavy atom. The number of pyridine rings is 2. The van der Waals surface area contributed by atoms with Crippen LogP contribution in [0.2, 0.25) is 0 Å². The highest BCUT2D eigenvalue weighted by Crippen LogP contribution is 2.47. The number of rotatable bonds is 6. The SMILES string of the molecule is Cc1cc(-c2cc(-c3ccccc3)ccn2)cc(-c2cccn3c(-c4ccccc4-c4ccccc4)c(-c4cc(C(C)(C)C)cc(C(C)(C)C)c4O)nc23)c1. The van der Waals surface area contributed by atoms with Crippen molar-refractivity contribution in [2.24, 2.45) is 0 Å². The van der Waals surface area contributed by atoms with Crippen LogP contribution in [0.5, 0.6) is 5.75 Å². The second kappa shape index (κ2) is 13.9. The van der Waals surface area contributed by atoms with Crippen molar-refractivity contribution in [3.05, 3.63) is 169 Å². The van der Waals surface area contributed by atoms with E-state index in [9.17, 15) is 5.11 Å². The molecule has 55 heavy (non-hydrogen) atoms. The summed E-state index contributed by atoms with van der Waals surface area (Å²) in [4.78, 5) is 10.4. The van der Waals surface area contributed by atoms with Gasteiger partial charge in [-0.3, -0.25) is 9.38 Å². The highest BCUT2D eigenvalue weighted by Gasteiger charge is 2.29. The summed E-state index contributed by atoms with van der Waals surface area (Å²) in [6.07, 6.45) is 3.99. The molecule has 0 spiro atoms. The van der Waals surface area contributed by atoms with Gasteiger partial charge in [-0.1, -0.05) is 139 Å². The second-order valence-electron chi connectivity index (χ2n) is 16.6. The molecule has 0 unspecified atom stereocenters. The smallest absolute Gasteiger partial charge is 0.145 e. The van der Waals surface area contributed by atoms with Gasteiger partial charge in [0.2, 0.25) is 0 Å². The fraction of sp³-hybridized carbons (Fsp3) is 0.176. The number of fused-ring (bicyclic) bond motifs is 1. The molecule has 3 heterocycles. The topological polar surface area (TPSA) is 50.4 Å². The minimum absolute atomic E-state index is 0.154. The average molecular weight is 718 g/mol. The van der Waals surface area contributed by atoms with Crippen LogP contribution < -0.4 is 0 Å². The van der Waals surface area contributed by atoms with Gasteiger partial charge < -0.3 is 5.11 Å². The van der Waals surface area contributed by atoms with Gasteiger partial charge >= 0.3 is 0 Å². The Bertz CT molecular complexity index is 2680. The minimum Gasteiger partial charge on any atom is -0.507 e. The van der Waals surface area contributed by atoms with Gasteiger partial charge in [0.25, 0.3) is 0 Å². The maximum absolute atomic E-state index is 12.3. The predicted octanol–water partition coefficient (Wildman–Crippen LogP) is 13.3. The van der Waals surface area contributed by atoms with Crippen LogP contribution in [0.3, 0.4) is 0 Å². The van der Waals surface area contributed by atoms with E-state index in [-0.39, 0.29) is 16.6 Å². The molecule has 8 aromatic rings. The lowest BCUT2D eigenvalue weighted by Crippen LogP contribution is -2.17. The van der Waals surface area contributed by atoms with Crippen molar-refractivity contribution in [2.75, 3.05) is 0 Å². The number of aromatic nitrogens is 3. The van der Waals surface area contributed by atoms with Crippen LogP contribution in [0.4, 0.5) is 0 Å². The van der Waals surface area contributed by atoms with Gasteiger partial charge in [0.1, 0.15) is 17.1 Å². The lowest BCUT2D eigenvalue weighted by atomic mass is 9.78. The molecule has 1 N–H and O–H groups in total. The number of phenolic OH excluding ortho intramolecular Hbond substituents is 1. The Balaban J connectivity index is 1.41. The van der Waals surface area contributed by atoms with Crippen molar-refractivity contribution in [1.82, 2.24) is 14.4 Å². The van der Waals surface area contributed by atoms with Crippen LogP contribution in [0.15, 0.2) is 152 Å². The second-order valence-corrected chi connectivity index (χ2v) is 16.6. The number of benzene rings is 5. The summed E-state index contributed by atoms with van der Waals surface area (Å²) in [6.45, 7) is 15.3. The number of aromatic hydroxyl groups is 1. The first kappa shape index (κ1) is 35.8. The Hall–Kier alpha value is -6.26. The van der Waals surface area contributed by atoms with Gasteiger partial charge in [-0.15, -0.1) is 0 Å². The first-order chi connectivity index (χ1) is 26.4. The number of imidazole rings is 1. The molecule has 272 valence electrons. The summed E-state index contributed by atoms with van der Waals surface area (Å²) in [7, 11) is 0. The molecule has 0 fully saturated rings. The van der Waals surface area contributed by atoms with E-state index in [0.29, 0.717) is 0 Å². The summed E-state index contributed by atoms with van der Waals surface area (Å²) >= 11 is 0. The molecule has 0 aliphatic carbocycles. The third-order valence-corrected chi connectivity index (χ3v) is 10.5. The first-order valence-electron chi connectivity index (χ1n) is 19.0. The average Bonchev–Trinajstić information content (AvgIpc) is 3.57. The van der Waals surface area contributed by atoms with E-state index >= 15 is 0 Å². The summed E-state index contributed by atoms with van der Waals surface area (Å²) in [5.41, 5.74) is 15.5. The molecule has 0 aliphatic rings. The van der Waals surface area contributed by atoms with Crippen LogP contribution in [-0.2, 0) is 10.8 Å². The molecular formula is C51H47N3O. The Morgan fingerprint density at radius 1 is 0.527 bits per heavy atom. The van der Waals surface area contributed by atoms with E-state index in [4.69, 9.17) is 9.97 Å². The van der Waals surface area contributed by atoms with Crippen LogP contribution >= 0.6 is 0 Å². The fourth-order valence-corrected chi connectivity index (χ4v) is 7.60. The van der Waals surface area contributed by atoms with Gasteiger partial charge in [0, 0.05) is 40.2 Å². The quantitative estimate of drug-likeness (QED) is 0.186. The third-order valence-electron chi connectivity index (χ3n) is 10.5. The summed E-state index contributed by atoms with van der Waals surface area (Å²) in [5.74, 6) is 0.270. The van der Waals surface area contributed by atoms with Gasteiger partial charge in [0.05, 0.1) is 11.4 Å². The minimum atomic E-state index is -0.295. The predicted molar refractivity (Wildman–Crippen MR) is 229 cm³/mol. The molecule has 4 nitrogen and oxygen atoms in total. The number of nitrogens with zero attached hydrogens (tertiary/aromatic N) is 3. The van der Waals surface area contributed by atoms with E-state index in [2.05, 4.69) is 186 Å². The fourth-order valence-electron chi connectivity index (χ4n) is 7.60. The molecule has 0 bridgehead atoms.